The molecule has 0 aliphatic carbocycles. The summed E-state index contributed by atoms with van der Waals surface area (Å²) in [4.78, 5) is 23.9. The minimum absolute atomic E-state index is 0.155. The van der Waals surface area contributed by atoms with E-state index in [2.05, 4.69) is 32.4 Å². The first-order chi connectivity index (χ1) is 16.7. The topological polar surface area (TPSA) is 110 Å². The lowest BCUT2D eigenvalue weighted by molar-refractivity contribution is 0.0958. The van der Waals surface area contributed by atoms with Crippen LogP contribution in [0, 0.1) is 6.92 Å². The van der Waals surface area contributed by atoms with E-state index in [1.807, 2.05) is 19.1 Å². The van der Waals surface area contributed by atoms with Gasteiger partial charge in [-0.3, -0.25) is 14.5 Å². The summed E-state index contributed by atoms with van der Waals surface area (Å²) in [5.41, 5.74) is 6.21. The van der Waals surface area contributed by atoms with Gasteiger partial charge in [-0.15, -0.1) is 0 Å². The van der Waals surface area contributed by atoms with Crippen molar-refractivity contribution in [3.05, 3.63) is 65.7 Å². The van der Waals surface area contributed by atoms with E-state index in [0.717, 1.165) is 58.2 Å². The molecule has 0 fully saturated rings. The second-order valence-corrected chi connectivity index (χ2v) is 11.0. The van der Waals surface area contributed by atoms with E-state index in [-0.39, 0.29) is 11.8 Å². The minimum atomic E-state index is -3.19. The summed E-state index contributed by atoms with van der Waals surface area (Å²) in [6.45, 7) is 2.79. The first-order valence-electron chi connectivity index (χ1n) is 11.3. The fourth-order valence-corrected chi connectivity index (χ4v) is 5.20. The number of hydrogen-bond donors (Lipinski definition) is 1. The van der Waals surface area contributed by atoms with E-state index in [9.17, 15) is 13.2 Å². The van der Waals surface area contributed by atoms with Crippen LogP contribution in [0.3, 0.4) is 0 Å². The third kappa shape index (κ3) is 4.49. The van der Waals surface area contributed by atoms with Gasteiger partial charge in [0, 0.05) is 48.9 Å². The Morgan fingerprint density at radius 2 is 2.06 bits per heavy atom. The van der Waals surface area contributed by atoms with Crippen LogP contribution in [0.25, 0.3) is 22.0 Å². The summed E-state index contributed by atoms with van der Waals surface area (Å²) < 4.78 is 24.7. The lowest BCUT2D eigenvalue weighted by Crippen LogP contribution is -2.27. The van der Waals surface area contributed by atoms with Crippen LogP contribution in [0.5, 0.6) is 0 Å². The normalized spacial score (nSPS) is 13.6. The van der Waals surface area contributed by atoms with Crippen LogP contribution < -0.4 is 10.2 Å². The largest absolute Gasteiger partial charge is 0.354 e. The number of nitrogens with zero attached hydrogens (tertiary/aromatic N) is 5. The molecular weight excluding hydrogens is 464 g/mol. The molecule has 0 unspecified atom stereocenters. The number of fused-ring (bicyclic) bond motifs is 2. The molecule has 3 aromatic heterocycles. The highest BCUT2D eigenvalue weighted by Gasteiger charge is 2.25. The molecule has 180 valence electrons. The van der Waals surface area contributed by atoms with Crippen molar-refractivity contribution >= 4 is 38.2 Å². The number of nitrogens with one attached hydrogen (secondary N) is 1. The summed E-state index contributed by atoms with van der Waals surface area (Å²) in [6.07, 6.45) is 8.22. The maximum Gasteiger partial charge on any atom is 0.269 e. The van der Waals surface area contributed by atoms with Crippen LogP contribution in [0.1, 0.15) is 28.0 Å². The van der Waals surface area contributed by atoms with E-state index in [0.29, 0.717) is 11.5 Å². The highest BCUT2D eigenvalue weighted by molar-refractivity contribution is 7.89. The van der Waals surface area contributed by atoms with Gasteiger partial charge in [0.1, 0.15) is 17.1 Å². The maximum absolute atomic E-state index is 12.4. The lowest BCUT2D eigenvalue weighted by atomic mass is 9.93. The zero-order chi connectivity index (χ0) is 24.7. The molecule has 1 aliphatic rings. The van der Waals surface area contributed by atoms with E-state index in [1.54, 1.807) is 31.7 Å². The number of carbonyl (C=O) groups excluding carboxylic acids is 1. The molecule has 9 nitrogen and oxygen atoms in total. The summed E-state index contributed by atoms with van der Waals surface area (Å²) in [5, 5.41) is 7.75. The van der Waals surface area contributed by atoms with Crippen molar-refractivity contribution in [2.24, 2.45) is 0 Å². The summed E-state index contributed by atoms with van der Waals surface area (Å²) in [5.74, 6) is 0.265. The lowest BCUT2D eigenvalue weighted by Gasteiger charge is -2.32. The number of hydrogen-bond acceptors (Lipinski definition) is 7. The first-order valence-corrected chi connectivity index (χ1v) is 13.4. The molecule has 1 N–H and O–H groups in total. The smallest absolute Gasteiger partial charge is 0.269 e. The van der Waals surface area contributed by atoms with Gasteiger partial charge in [0.05, 0.1) is 6.20 Å². The van der Waals surface area contributed by atoms with Gasteiger partial charge < -0.3 is 10.2 Å². The Kier molecular flexibility index (Phi) is 5.76. The van der Waals surface area contributed by atoms with Gasteiger partial charge in [-0.1, -0.05) is 6.07 Å². The van der Waals surface area contributed by atoms with Crippen molar-refractivity contribution in [3.63, 3.8) is 0 Å². The number of carbonyl (C=O) groups is 1. The molecular formula is C25H26N6O3S. The Labute approximate surface area is 203 Å². The molecule has 0 saturated heterocycles. The minimum Gasteiger partial charge on any atom is -0.354 e. The second kappa shape index (κ2) is 8.77. The molecule has 35 heavy (non-hydrogen) atoms. The van der Waals surface area contributed by atoms with Crippen molar-refractivity contribution < 1.29 is 13.2 Å². The SMILES string of the molecule is CNC(=O)c1cc2cccnc2c(N2CCCc3cc(-c4cnn(CS(C)(=O)=O)c4)c(C)cc32)n1. The molecule has 1 aliphatic heterocycles. The van der Waals surface area contributed by atoms with Crippen molar-refractivity contribution in [3.8, 4) is 11.1 Å². The van der Waals surface area contributed by atoms with Gasteiger partial charge >= 0.3 is 0 Å². The molecule has 4 aromatic rings. The second-order valence-electron chi connectivity index (χ2n) is 8.86. The van der Waals surface area contributed by atoms with Crippen molar-refractivity contribution in [1.29, 1.82) is 0 Å². The number of anilines is 2. The van der Waals surface area contributed by atoms with Gasteiger partial charge in [0.15, 0.2) is 15.7 Å². The first kappa shape index (κ1) is 23.0. The molecule has 1 amide bonds. The monoisotopic (exact) mass is 490 g/mol. The van der Waals surface area contributed by atoms with Crippen LogP contribution in [0.15, 0.2) is 48.9 Å². The molecule has 0 saturated carbocycles. The Balaban J connectivity index is 1.60. The van der Waals surface area contributed by atoms with Gasteiger partial charge in [0.2, 0.25) is 0 Å². The van der Waals surface area contributed by atoms with Crippen molar-refractivity contribution in [2.45, 2.75) is 25.6 Å². The summed E-state index contributed by atoms with van der Waals surface area (Å²) >= 11 is 0. The van der Waals surface area contributed by atoms with Gasteiger partial charge in [-0.2, -0.15) is 5.10 Å². The number of aryl methyl sites for hydroxylation is 2. The fourth-order valence-electron chi connectivity index (χ4n) is 4.58. The maximum atomic E-state index is 12.4. The number of pyridine rings is 2. The van der Waals surface area contributed by atoms with Gasteiger partial charge in [0.25, 0.3) is 5.91 Å². The van der Waals surface area contributed by atoms with Crippen LogP contribution in [-0.2, 0) is 22.1 Å². The zero-order valence-corrected chi connectivity index (χ0v) is 20.6. The molecule has 0 bridgehead atoms. The predicted octanol–water partition coefficient (Wildman–Crippen LogP) is 3.25. The molecule has 0 atom stereocenters. The third-order valence-electron chi connectivity index (χ3n) is 6.14. The molecule has 4 heterocycles. The van der Waals surface area contributed by atoms with E-state index in [4.69, 9.17) is 4.98 Å². The molecule has 1 aromatic carbocycles. The average Bonchev–Trinajstić information content (AvgIpc) is 3.28. The number of amides is 1. The van der Waals surface area contributed by atoms with E-state index in [1.165, 1.54) is 10.9 Å². The van der Waals surface area contributed by atoms with Crippen LogP contribution >= 0.6 is 0 Å². The predicted molar refractivity (Wildman–Crippen MR) is 135 cm³/mol. The van der Waals surface area contributed by atoms with Crippen LogP contribution in [0.2, 0.25) is 0 Å². The van der Waals surface area contributed by atoms with E-state index < -0.39 is 9.84 Å². The summed E-state index contributed by atoms with van der Waals surface area (Å²) in [7, 11) is -1.59. The van der Waals surface area contributed by atoms with Gasteiger partial charge in [-0.25, -0.2) is 13.4 Å². The Morgan fingerprint density at radius 1 is 1.23 bits per heavy atom. The average molecular weight is 491 g/mol. The van der Waals surface area contributed by atoms with Crippen LogP contribution in [0.4, 0.5) is 11.5 Å². The molecule has 10 heteroatoms. The highest BCUT2D eigenvalue weighted by atomic mass is 32.2. The van der Waals surface area contributed by atoms with Crippen molar-refractivity contribution in [2.75, 3.05) is 24.7 Å². The molecule has 0 radical (unpaired) electrons. The van der Waals surface area contributed by atoms with Gasteiger partial charge in [-0.05, 0) is 60.7 Å². The Hall–Kier alpha value is -3.79. The number of sulfone groups is 1. The summed E-state index contributed by atoms with van der Waals surface area (Å²) in [6, 6.07) is 9.83. The van der Waals surface area contributed by atoms with Crippen LogP contribution in [-0.4, -0.2) is 53.9 Å². The molecule has 0 spiro atoms. The quantitative estimate of drug-likeness (QED) is 0.457. The third-order valence-corrected chi connectivity index (χ3v) is 6.87. The number of rotatable bonds is 5. The Bertz CT molecular complexity index is 1560. The highest BCUT2D eigenvalue weighted by Crippen LogP contribution is 2.39. The number of benzene rings is 1. The van der Waals surface area contributed by atoms with E-state index >= 15 is 0 Å². The van der Waals surface area contributed by atoms with Crippen molar-refractivity contribution in [1.82, 2.24) is 25.1 Å². The Morgan fingerprint density at radius 3 is 2.83 bits per heavy atom. The fraction of sp³-hybridized carbons (Fsp3) is 0.280. The molecule has 5 rings (SSSR count). The zero-order valence-electron chi connectivity index (χ0n) is 19.8. The standard InChI is InChI=1S/C25H26N6O3S/c1-16-10-22-17(11-20(16)19-13-28-30(14-19)15-35(3,33)34)7-5-9-31(22)24-23-18(6-4-8-27-23)12-21(29-24)25(32)26-2/h4,6,8,10-14H,5,7,9,15H2,1-3H3,(H,26,32). The number of aromatic nitrogens is 4.